The maximum absolute atomic E-state index is 13.2. The first kappa shape index (κ1) is 36.3. The summed E-state index contributed by atoms with van der Waals surface area (Å²) in [4.78, 5) is 31.1. The van der Waals surface area contributed by atoms with E-state index in [0.717, 1.165) is 36.1 Å². The van der Waals surface area contributed by atoms with Crippen LogP contribution in [0.15, 0.2) is 81.6 Å². The van der Waals surface area contributed by atoms with E-state index in [9.17, 15) is 15.1 Å². The van der Waals surface area contributed by atoms with E-state index < -0.39 is 43.5 Å². The van der Waals surface area contributed by atoms with Gasteiger partial charge in [-0.1, -0.05) is 113 Å². The van der Waals surface area contributed by atoms with E-state index in [-0.39, 0.29) is 18.3 Å². The van der Waals surface area contributed by atoms with Crippen LogP contribution in [-0.2, 0) is 18.6 Å². The van der Waals surface area contributed by atoms with E-state index in [1.807, 2.05) is 36.4 Å². The number of aromatic nitrogens is 2. The van der Waals surface area contributed by atoms with Crippen LogP contribution >= 0.6 is 0 Å². The number of benzene rings is 2. The van der Waals surface area contributed by atoms with E-state index in [1.165, 1.54) is 10.8 Å². The van der Waals surface area contributed by atoms with Gasteiger partial charge in [-0.2, -0.15) is 0 Å². The maximum Gasteiger partial charge on any atom is 0.330 e. The highest BCUT2D eigenvalue weighted by Crippen LogP contribution is 2.44. The van der Waals surface area contributed by atoms with Crippen molar-refractivity contribution >= 4 is 18.7 Å². The van der Waals surface area contributed by atoms with Crippen LogP contribution in [0.25, 0.3) is 10.4 Å². The molecule has 2 heterocycles. The number of nitrogens with zero attached hydrogens (tertiary/aromatic N) is 4. The van der Waals surface area contributed by atoms with E-state index in [2.05, 4.69) is 73.9 Å². The Morgan fingerprint density at radius 1 is 0.979 bits per heavy atom. The largest absolute Gasteiger partial charge is 0.404 e. The Labute approximate surface area is 278 Å². The van der Waals surface area contributed by atoms with Crippen LogP contribution in [0.3, 0.4) is 0 Å². The summed E-state index contributed by atoms with van der Waals surface area (Å²) in [6, 6.07) is 19.6. The molecule has 1 fully saturated rings. The van der Waals surface area contributed by atoms with Crippen LogP contribution in [-0.4, -0.2) is 62.0 Å². The van der Waals surface area contributed by atoms with E-state index >= 15 is 0 Å². The van der Waals surface area contributed by atoms with Crippen LogP contribution in [0.1, 0.15) is 72.1 Å². The second-order valence-corrected chi connectivity index (χ2v) is 17.6. The van der Waals surface area contributed by atoms with Crippen molar-refractivity contribution < 1.29 is 18.6 Å². The van der Waals surface area contributed by atoms with Gasteiger partial charge in [0.05, 0.1) is 13.2 Å². The average molecular weight is 664 g/mol. The highest BCUT2D eigenvalue weighted by Gasteiger charge is 2.59. The summed E-state index contributed by atoms with van der Waals surface area (Å²) in [5, 5.41) is 6.03. The van der Waals surface area contributed by atoms with Gasteiger partial charge in [0.1, 0.15) is 24.0 Å². The molecule has 0 aliphatic carbocycles. The van der Waals surface area contributed by atoms with Crippen LogP contribution in [0.2, 0.25) is 5.04 Å². The molecule has 11 nitrogen and oxygen atoms in total. The van der Waals surface area contributed by atoms with E-state index in [4.69, 9.17) is 18.6 Å². The SMILES string of the molecule is CCCCOC[C@@]1(CO[Si](c2ccccc2)(c2ccccc2)C(C)(C)C)O[C@@H](n2cc(C)c(=O)[nH]c2=O)[C@@H](N=[N+]=[N-])C1OCCCC. The second kappa shape index (κ2) is 16.1. The first-order valence-corrected chi connectivity index (χ1v) is 18.4. The quantitative estimate of drug-likeness (QED) is 0.0719. The molecule has 12 heteroatoms. The maximum atomic E-state index is 13.2. The Morgan fingerprint density at radius 3 is 2.13 bits per heavy atom. The third-order valence-electron chi connectivity index (χ3n) is 8.82. The minimum atomic E-state index is -3.07. The molecule has 1 saturated heterocycles. The van der Waals surface area contributed by atoms with E-state index in [0.29, 0.717) is 18.8 Å². The Bertz CT molecular complexity index is 1560. The number of azide groups is 1. The zero-order chi connectivity index (χ0) is 34.1. The number of unbranched alkanes of at least 4 members (excludes halogenated alkanes) is 2. The molecule has 4 rings (SSSR count). The third-order valence-corrected chi connectivity index (χ3v) is 13.8. The van der Waals surface area contributed by atoms with Gasteiger partial charge in [0, 0.05) is 29.9 Å². The molecule has 0 amide bonds. The smallest absolute Gasteiger partial charge is 0.330 e. The first-order valence-electron chi connectivity index (χ1n) is 16.5. The molecular weight excluding hydrogens is 615 g/mol. The highest BCUT2D eigenvalue weighted by molar-refractivity contribution is 6.99. The summed E-state index contributed by atoms with van der Waals surface area (Å²) in [7, 11) is -3.07. The summed E-state index contributed by atoms with van der Waals surface area (Å²) in [6.45, 7) is 13.3. The molecule has 1 aliphatic heterocycles. The number of hydrogen-bond donors (Lipinski definition) is 1. The Hall–Kier alpha value is -3.51. The van der Waals surface area contributed by atoms with Gasteiger partial charge in [-0.15, -0.1) is 0 Å². The zero-order valence-corrected chi connectivity index (χ0v) is 29.5. The molecule has 2 aromatic carbocycles. The molecule has 1 aliphatic rings. The molecule has 4 atom stereocenters. The lowest BCUT2D eigenvalue weighted by Crippen LogP contribution is -2.68. The molecule has 47 heavy (non-hydrogen) atoms. The van der Waals surface area contributed by atoms with Crippen molar-refractivity contribution in [1.29, 1.82) is 0 Å². The molecule has 0 spiro atoms. The lowest BCUT2D eigenvalue weighted by atomic mass is 9.95. The van der Waals surface area contributed by atoms with Gasteiger partial charge >= 0.3 is 5.69 Å². The number of aromatic amines is 1. The summed E-state index contributed by atoms with van der Waals surface area (Å²) in [5.41, 5.74) is 7.64. The van der Waals surface area contributed by atoms with Crippen molar-refractivity contribution in [2.45, 2.75) is 96.2 Å². The minimum absolute atomic E-state index is 0.0359. The lowest BCUT2D eigenvalue weighted by Gasteiger charge is -2.45. The fourth-order valence-electron chi connectivity index (χ4n) is 6.37. The van der Waals surface area contributed by atoms with Crippen LogP contribution in [0.5, 0.6) is 0 Å². The predicted octanol–water partition coefficient (Wildman–Crippen LogP) is 5.37. The normalized spacial score (nSPS) is 21.4. The molecule has 0 saturated carbocycles. The summed E-state index contributed by atoms with van der Waals surface area (Å²) >= 11 is 0. The lowest BCUT2D eigenvalue weighted by molar-refractivity contribution is -0.168. The fourth-order valence-corrected chi connectivity index (χ4v) is 11.0. The molecule has 1 unspecified atom stereocenters. The minimum Gasteiger partial charge on any atom is -0.404 e. The summed E-state index contributed by atoms with van der Waals surface area (Å²) in [6.07, 6.45) is 2.97. The summed E-state index contributed by atoms with van der Waals surface area (Å²) in [5.74, 6) is 0. The van der Waals surface area contributed by atoms with Gasteiger partial charge in [0.2, 0.25) is 0 Å². The van der Waals surface area contributed by atoms with Crippen LogP contribution in [0, 0.1) is 6.92 Å². The third kappa shape index (κ3) is 7.80. The summed E-state index contributed by atoms with van der Waals surface area (Å²) < 4.78 is 28.5. The molecule has 1 N–H and O–H groups in total. The molecule has 3 aromatic rings. The van der Waals surface area contributed by atoms with Gasteiger partial charge in [0.25, 0.3) is 13.9 Å². The van der Waals surface area contributed by atoms with Gasteiger partial charge in [-0.05, 0) is 40.7 Å². The van der Waals surface area contributed by atoms with Gasteiger partial charge in [-0.3, -0.25) is 14.3 Å². The Morgan fingerprint density at radius 2 is 1.57 bits per heavy atom. The standard InChI is InChI=1S/C35H49N5O6Si/c1-7-9-21-43-24-35(25-45-47(34(4,5)6,27-17-13-11-14-18-27)28-19-15-12-16-20-28)30(44-22-10-8-2)29(38-39-36)32(46-35)40-23-26(3)31(41)37-33(40)42/h11-20,23,29-30,32H,7-10,21-22,24-25H2,1-6H3,(H,37,41,42)/t29-,30?,32+,35-/m0/s1. The number of ether oxygens (including phenoxy) is 3. The predicted molar refractivity (Wildman–Crippen MR) is 186 cm³/mol. The zero-order valence-electron chi connectivity index (χ0n) is 28.5. The Balaban J connectivity index is 1.92. The van der Waals surface area contributed by atoms with Crippen molar-refractivity contribution in [2.75, 3.05) is 26.4 Å². The molecular formula is C35H49N5O6Si. The fraction of sp³-hybridized carbons (Fsp3) is 0.543. The number of H-pyrrole nitrogens is 1. The number of nitrogens with one attached hydrogen (secondary N) is 1. The van der Waals surface area contributed by atoms with Crippen molar-refractivity contribution in [3.8, 4) is 0 Å². The highest BCUT2D eigenvalue weighted by atomic mass is 28.4. The molecule has 254 valence electrons. The van der Waals surface area contributed by atoms with Crippen molar-refractivity contribution in [2.24, 2.45) is 5.11 Å². The van der Waals surface area contributed by atoms with Crippen molar-refractivity contribution in [3.63, 3.8) is 0 Å². The second-order valence-electron chi connectivity index (χ2n) is 13.3. The first-order chi connectivity index (χ1) is 22.5. The molecule has 0 bridgehead atoms. The van der Waals surface area contributed by atoms with Gasteiger partial charge in [0.15, 0.2) is 0 Å². The average Bonchev–Trinajstić information content (AvgIpc) is 3.34. The van der Waals surface area contributed by atoms with Crippen LogP contribution in [0.4, 0.5) is 0 Å². The monoisotopic (exact) mass is 663 g/mol. The van der Waals surface area contributed by atoms with Gasteiger partial charge < -0.3 is 18.6 Å². The molecule has 0 radical (unpaired) electrons. The van der Waals surface area contributed by atoms with Crippen molar-refractivity contribution in [1.82, 2.24) is 9.55 Å². The number of aryl methyl sites for hydroxylation is 1. The van der Waals surface area contributed by atoms with Gasteiger partial charge in [-0.25, -0.2) is 4.79 Å². The van der Waals surface area contributed by atoms with Crippen LogP contribution < -0.4 is 21.6 Å². The molecule has 1 aromatic heterocycles. The van der Waals surface area contributed by atoms with Crippen molar-refractivity contribution in [3.05, 3.63) is 104 Å². The topological polar surface area (TPSA) is 141 Å². The van der Waals surface area contributed by atoms with E-state index in [1.54, 1.807) is 6.92 Å². The number of hydrogen-bond acceptors (Lipinski definition) is 7. The Kier molecular flexibility index (Phi) is 12.4. The number of rotatable bonds is 16.